The number of ether oxygens (including phenoxy) is 1. The van der Waals surface area contributed by atoms with Gasteiger partial charge in [-0.3, -0.25) is 10.1 Å². The lowest BCUT2D eigenvalue weighted by molar-refractivity contribution is -0.385. The van der Waals surface area contributed by atoms with Crippen molar-refractivity contribution in [2.75, 3.05) is 6.61 Å². The van der Waals surface area contributed by atoms with Gasteiger partial charge in [0, 0.05) is 5.56 Å². The van der Waals surface area contributed by atoms with E-state index in [1.54, 1.807) is 0 Å². The van der Waals surface area contributed by atoms with Crippen molar-refractivity contribution in [3.05, 3.63) is 33.6 Å². The fraction of sp³-hybridized carbons (Fsp3) is 0.300. The third-order valence-corrected chi connectivity index (χ3v) is 1.92. The van der Waals surface area contributed by atoms with E-state index in [0.717, 1.165) is 6.07 Å². The molecule has 84 valence electrons. The first-order valence-electron chi connectivity index (χ1n) is 4.50. The van der Waals surface area contributed by atoms with Crippen LogP contribution in [0.1, 0.15) is 12.0 Å². The second kappa shape index (κ2) is 5.07. The van der Waals surface area contributed by atoms with E-state index >= 15 is 0 Å². The predicted molar refractivity (Wildman–Crippen MR) is 53.5 cm³/mol. The average Bonchev–Trinajstić information content (AvgIpc) is 2.22. The van der Waals surface area contributed by atoms with Gasteiger partial charge < -0.3 is 4.74 Å². The second-order valence-corrected chi connectivity index (χ2v) is 3.08. The molecular weight excluding hydrogens is 215 g/mol. The molecule has 5 nitrogen and oxygen atoms in total. The molecule has 1 rings (SSSR count). The summed E-state index contributed by atoms with van der Waals surface area (Å²) in [6.07, 6.45) is 0.134. The first kappa shape index (κ1) is 11.9. The van der Waals surface area contributed by atoms with Gasteiger partial charge in [0.2, 0.25) is 0 Å². The van der Waals surface area contributed by atoms with Gasteiger partial charge in [0.05, 0.1) is 23.5 Å². The van der Waals surface area contributed by atoms with E-state index in [9.17, 15) is 14.5 Å². The normalized spacial score (nSPS) is 9.56. The van der Waals surface area contributed by atoms with Crippen LogP contribution in [0.2, 0.25) is 0 Å². The summed E-state index contributed by atoms with van der Waals surface area (Å²) >= 11 is 0. The van der Waals surface area contributed by atoms with Crippen molar-refractivity contribution in [1.29, 1.82) is 5.26 Å². The Morgan fingerprint density at radius 1 is 1.62 bits per heavy atom. The molecule has 0 bridgehead atoms. The van der Waals surface area contributed by atoms with Crippen LogP contribution in [0.3, 0.4) is 0 Å². The summed E-state index contributed by atoms with van der Waals surface area (Å²) in [6, 6.07) is 3.92. The molecule has 1 aromatic rings. The lowest BCUT2D eigenvalue weighted by atomic mass is 10.2. The van der Waals surface area contributed by atoms with Gasteiger partial charge in [-0.1, -0.05) is 0 Å². The fourth-order valence-electron chi connectivity index (χ4n) is 1.16. The minimum atomic E-state index is -0.796. The minimum absolute atomic E-state index is 0.0602. The van der Waals surface area contributed by atoms with Crippen molar-refractivity contribution in [3.8, 4) is 11.8 Å². The van der Waals surface area contributed by atoms with Crippen molar-refractivity contribution in [2.45, 2.75) is 13.3 Å². The number of aryl methyl sites for hydroxylation is 1. The molecular formula is C10H9FN2O3. The molecule has 1 aromatic carbocycles. The van der Waals surface area contributed by atoms with Gasteiger partial charge in [-0.15, -0.1) is 0 Å². The Balaban J connectivity index is 2.93. The van der Waals surface area contributed by atoms with Gasteiger partial charge in [-0.2, -0.15) is 5.26 Å². The van der Waals surface area contributed by atoms with Crippen LogP contribution in [0.25, 0.3) is 0 Å². The Labute approximate surface area is 91.2 Å². The van der Waals surface area contributed by atoms with Crippen LogP contribution in [-0.4, -0.2) is 11.5 Å². The molecule has 0 aliphatic rings. The molecule has 0 aromatic heterocycles. The van der Waals surface area contributed by atoms with Gasteiger partial charge in [-0.25, -0.2) is 4.39 Å². The highest BCUT2D eigenvalue weighted by molar-refractivity contribution is 5.45. The molecule has 6 heteroatoms. The van der Waals surface area contributed by atoms with Crippen LogP contribution in [0.5, 0.6) is 5.75 Å². The number of benzene rings is 1. The van der Waals surface area contributed by atoms with E-state index in [1.807, 2.05) is 6.07 Å². The van der Waals surface area contributed by atoms with Crippen LogP contribution in [0.15, 0.2) is 12.1 Å². The van der Waals surface area contributed by atoms with Crippen molar-refractivity contribution in [1.82, 2.24) is 0 Å². The highest BCUT2D eigenvalue weighted by Gasteiger charge is 2.15. The Morgan fingerprint density at radius 2 is 2.31 bits per heavy atom. The molecule has 0 spiro atoms. The van der Waals surface area contributed by atoms with E-state index in [4.69, 9.17) is 10.00 Å². The summed E-state index contributed by atoms with van der Waals surface area (Å²) in [7, 11) is 0. The van der Waals surface area contributed by atoms with Crippen molar-refractivity contribution < 1.29 is 14.1 Å². The molecule has 0 saturated carbocycles. The van der Waals surface area contributed by atoms with E-state index < -0.39 is 10.7 Å². The largest absolute Gasteiger partial charge is 0.489 e. The Hall–Kier alpha value is -2.16. The minimum Gasteiger partial charge on any atom is -0.489 e. The third-order valence-electron chi connectivity index (χ3n) is 1.92. The zero-order chi connectivity index (χ0) is 12.1. The van der Waals surface area contributed by atoms with Gasteiger partial charge in [0.25, 0.3) is 5.69 Å². The smallest absolute Gasteiger partial charge is 0.275 e. The number of hydrogen-bond donors (Lipinski definition) is 0. The van der Waals surface area contributed by atoms with Crippen LogP contribution < -0.4 is 4.74 Å². The molecule has 0 unspecified atom stereocenters. The number of rotatable bonds is 4. The van der Waals surface area contributed by atoms with E-state index in [2.05, 4.69) is 0 Å². The molecule has 16 heavy (non-hydrogen) atoms. The topological polar surface area (TPSA) is 76.2 Å². The molecule has 0 saturated heterocycles. The molecule has 0 radical (unpaired) electrons. The summed E-state index contributed by atoms with van der Waals surface area (Å²) in [6.45, 7) is 1.55. The van der Waals surface area contributed by atoms with E-state index in [-0.39, 0.29) is 24.5 Å². The van der Waals surface area contributed by atoms with Gasteiger partial charge in [0.1, 0.15) is 6.61 Å². The number of nitriles is 1. The maximum absolute atomic E-state index is 13.3. The zero-order valence-electron chi connectivity index (χ0n) is 8.57. The Bertz CT molecular complexity index is 454. The summed E-state index contributed by atoms with van der Waals surface area (Å²) in [5.41, 5.74) is 0.0310. The number of nitrogens with zero attached hydrogens (tertiary/aromatic N) is 2. The molecule has 0 N–H and O–H groups in total. The molecule has 0 heterocycles. The van der Waals surface area contributed by atoms with Gasteiger partial charge in [0.15, 0.2) is 11.6 Å². The Morgan fingerprint density at radius 3 is 2.88 bits per heavy atom. The molecule has 0 aliphatic heterocycles. The molecule has 0 fully saturated rings. The predicted octanol–water partition coefficient (Wildman–Crippen LogP) is 2.33. The van der Waals surface area contributed by atoms with Crippen molar-refractivity contribution in [3.63, 3.8) is 0 Å². The molecule has 0 amide bonds. The maximum atomic E-state index is 13.3. The summed E-state index contributed by atoms with van der Waals surface area (Å²) in [5.74, 6) is -0.867. The number of hydrogen-bond acceptors (Lipinski definition) is 4. The van der Waals surface area contributed by atoms with Crippen LogP contribution in [-0.2, 0) is 0 Å². The van der Waals surface area contributed by atoms with Crippen LogP contribution >= 0.6 is 0 Å². The monoisotopic (exact) mass is 224 g/mol. The number of nitro groups is 1. The van der Waals surface area contributed by atoms with Gasteiger partial charge in [-0.05, 0) is 13.0 Å². The molecule has 0 aliphatic carbocycles. The summed E-state index contributed by atoms with van der Waals surface area (Å²) < 4.78 is 18.3. The highest BCUT2D eigenvalue weighted by atomic mass is 19.1. The first-order chi connectivity index (χ1) is 7.56. The van der Waals surface area contributed by atoms with Crippen molar-refractivity contribution >= 4 is 5.69 Å². The first-order valence-corrected chi connectivity index (χ1v) is 4.50. The Kier molecular flexibility index (Phi) is 3.78. The number of halogens is 1. The molecule has 0 atom stereocenters. The van der Waals surface area contributed by atoms with E-state index in [0.29, 0.717) is 5.56 Å². The standard InChI is InChI=1S/C10H9FN2O3/c1-7-5-10(16-4-2-3-12)8(11)6-9(7)13(14)15/h5-6H,2,4H2,1H3. The van der Waals surface area contributed by atoms with Crippen molar-refractivity contribution in [2.24, 2.45) is 0 Å². The van der Waals surface area contributed by atoms with E-state index in [1.165, 1.54) is 13.0 Å². The highest BCUT2D eigenvalue weighted by Crippen LogP contribution is 2.26. The average molecular weight is 224 g/mol. The SMILES string of the molecule is Cc1cc(OCCC#N)c(F)cc1[N+](=O)[O-]. The lowest BCUT2D eigenvalue weighted by Gasteiger charge is -2.06. The van der Waals surface area contributed by atoms with Gasteiger partial charge >= 0.3 is 0 Å². The zero-order valence-corrected chi connectivity index (χ0v) is 8.57. The second-order valence-electron chi connectivity index (χ2n) is 3.08. The number of nitro benzene ring substituents is 1. The third kappa shape index (κ3) is 2.67. The van der Waals surface area contributed by atoms with Crippen LogP contribution in [0.4, 0.5) is 10.1 Å². The van der Waals surface area contributed by atoms with Crippen LogP contribution in [0, 0.1) is 34.2 Å². The fourth-order valence-corrected chi connectivity index (χ4v) is 1.16. The lowest BCUT2D eigenvalue weighted by Crippen LogP contribution is -2.00. The quantitative estimate of drug-likeness (QED) is 0.446. The summed E-state index contributed by atoms with van der Waals surface area (Å²) in [5, 5.41) is 18.8. The summed E-state index contributed by atoms with van der Waals surface area (Å²) in [4.78, 5) is 9.85. The maximum Gasteiger partial charge on any atom is 0.275 e.